The Morgan fingerprint density at radius 1 is 1.00 bits per heavy atom. The monoisotopic (exact) mass is 393 g/mol. The minimum absolute atomic E-state index is 0.109. The van der Waals surface area contributed by atoms with Gasteiger partial charge in [0.05, 0.1) is 5.69 Å². The fourth-order valence-corrected chi connectivity index (χ4v) is 3.77. The Morgan fingerprint density at radius 3 is 2.25 bits per heavy atom. The molecule has 6 heteroatoms. The fourth-order valence-electron chi connectivity index (χ4n) is 2.79. The summed E-state index contributed by atoms with van der Waals surface area (Å²) in [6.07, 6.45) is 0.997. The predicted molar refractivity (Wildman–Crippen MR) is 114 cm³/mol. The van der Waals surface area contributed by atoms with Crippen molar-refractivity contribution >= 4 is 28.8 Å². The van der Waals surface area contributed by atoms with E-state index >= 15 is 0 Å². The third kappa shape index (κ3) is 4.84. The van der Waals surface area contributed by atoms with Crippen LogP contribution in [0.4, 0.5) is 5.69 Å². The number of aryl methyl sites for hydroxylation is 2. The molecule has 144 valence electrons. The molecule has 3 rings (SSSR count). The highest BCUT2D eigenvalue weighted by Crippen LogP contribution is 2.28. The van der Waals surface area contributed by atoms with Gasteiger partial charge in [0.25, 0.3) is 5.91 Å². The van der Waals surface area contributed by atoms with Gasteiger partial charge in [-0.3, -0.25) is 9.59 Å². The van der Waals surface area contributed by atoms with Gasteiger partial charge in [-0.25, -0.2) is 4.98 Å². The Balaban J connectivity index is 1.65. The van der Waals surface area contributed by atoms with Crippen molar-refractivity contribution < 1.29 is 9.59 Å². The normalized spacial score (nSPS) is 10.5. The number of nitrogens with zero attached hydrogens (tertiary/aromatic N) is 1. The first-order chi connectivity index (χ1) is 13.5. The third-order valence-corrected chi connectivity index (χ3v) is 5.54. The van der Waals surface area contributed by atoms with Crippen molar-refractivity contribution in [3.8, 4) is 10.6 Å². The first-order valence-electron chi connectivity index (χ1n) is 9.17. The van der Waals surface area contributed by atoms with E-state index in [0.29, 0.717) is 11.4 Å². The van der Waals surface area contributed by atoms with Crippen LogP contribution in [0.2, 0.25) is 0 Å². The molecule has 0 spiro atoms. The van der Waals surface area contributed by atoms with Gasteiger partial charge in [0, 0.05) is 24.7 Å². The molecule has 2 N–H and O–H groups in total. The van der Waals surface area contributed by atoms with Crippen LogP contribution in [-0.2, 0) is 17.8 Å². The van der Waals surface area contributed by atoms with Gasteiger partial charge in [0.1, 0.15) is 9.88 Å². The van der Waals surface area contributed by atoms with E-state index in [1.54, 1.807) is 0 Å². The molecule has 0 aliphatic heterocycles. The molecule has 1 aromatic heterocycles. The Kier molecular flexibility index (Phi) is 6.21. The summed E-state index contributed by atoms with van der Waals surface area (Å²) < 4.78 is 0. The van der Waals surface area contributed by atoms with Crippen LogP contribution in [0.25, 0.3) is 10.6 Å². The number of carbonyl (C=O) groups excluding carboxylic acids is 2. The molecule has 2 amide bonds. The highest BCUT2D eigenvalue weighted by atomic mass is 32.1. The predicted octanol–water partition coefficient (Wildman–Crippen LogP) is 4.57. The first kappa shape index (κ1) is 19.8. The number of carbonyl (C=O) groups is 2. The van der Waals surface area contributed by atoms with E-state index in [2.05, 4.69) is 46.8 Å². The van der Waals surface area contributed by atoms with E-state index in [1.165, 1.54) is 23.8 Å². The van der Waals surface area contributed by atoms with Gasteiger partial charge in [-0.05, 0) is 36.6 Å². The zero-order valence-electron chi connectivity index (χ0n) is 16.2. The molecule has 28 heavy (non-hydrogen) atoms. The van der Waals surface area contributed by atoms with Crippen LogP contribution < -0.4 is 10.6 Å². The maximum Gasteiger partial charge on any atom is 0.263 e. The first-order valence-corrected chi connectivity index (χ1v) is 9.99. The number of hydrogen-bond acceptors (Lipinski definition) is 4. The number of anilines is 1. The summed E-state index contributed by atoms with van der Waals surface area (Å²) in [6, 6.07) is 15.7. The summed E-state index contributed by atoms with van der Waals surface area (Å²) in [4.78, 5) is 28.9. The minimum atomic E-state index is -0.127. The largest absolute Gasteiger partial charge is 0.347 e. The van der Waals surface area contributed by atoms with Crippen LogP contribution >= 0.6 is 11.3 Å². The molecule has 2 aromatic carbocycles. The van der Waals surface area contributed by atoms with Crippen molar-refractivity contribution in [2.24, 2.45) is 0 Å². The van der Waals surface area contributed by atoms with Crippen molar-refractivity contribution in [1.82, 2.24) is 10.3 Å². The summed E-state index contributed by atoms with van der Waals surface area (Å²) >= 11 is 1.41. The van der Waals surface area contributed by atoms with Gasteiger partial charge in [-0.2, -0.15) is 0 Å². The average molecular weight is 394 g/mol. The van der Waals surface area contributed by atoms with Gasteiger partial charge in [-0.15, -0.1) is 11.3 Å². The maximum absolute atomic E-state index is 12.6. The minimum Gasteiger partial charge on any atom is -0.347 e. The highest BCUT2D eigenvalue weighted by Gasteiger charge is 2.16. The molecule has 5 nitrogen and oxygen atoms in total. The Bertz CT molecular complexity index is 976. The van der Waals surface area contributed by atoms with E-state index in [9.17, 15) is 9.59 Å². The number of amides is 2. The number of aromatic nitrogens is 1. The van der Waals surface area contributed by atoms with Crippen LogP contribution in [0.1, 0.15) is 40.3 Å². The third-order valence-electron chi connectivity index (χ3n) is 4.34. The molecule has 0 bridgehead atoms. The van der Waals surface area contributed by atoms with Crippen molar-refractivity contribution in [2.45, 2.75) is 33.7 Å². The van der Waals surface area contributed by atoms with Crippen LogP contribution in [-0.4, -0.2) is 16.8 Å². The second-order valence-corrected chi connectivity index (χ2v) is 7.54. The second-order valence-electron chi connectivity index (χ2n) is 6.54. The Hall–Kier alpha value is -2.99. The highest BCUT2D eigenvalue weighted by molar-refractivity contribution is 7.17. The Morgan fingerprint density at radius 2 is 1.64 bits per heavy atom. The lowest BCUT2D eigenvalue weighted by atomic mass is 10.1. The molecule has 0 radical (unpaired) electrons. The van der Waals surface area contributed by atoms with Crippen molar-refractivity contribution in [3.05, 3.63) is 70.2 Å². The average Bonchev–Trinajstić information content (AvgIpc) is 3.08. The van der Waals surface area contributed by atoms with Crippen molar-refractivity contribution in [2.75, 3.05) is 5.32 Å². The zero-order chi connectivity index (χ0) is 20.1. The molecule has 0 atom stereocenters. The van der Waals surface area contributed by atoms with Crippen molar-refractivity contribution in [3.63, 3.8) is 0 Å². The van der Waals surface area contributed by atoms with Crippen LogP contribution in [0, 0.1) is 6.92 Å². The molecule has 0 aliphatic rings. The van der Waals surface area contributed by atoms with E-state index in [0.717, 1.165) is 33.9 Å². The molecule has 3 aromatic rings. The van der Waals surface area contributed by atoms with Crippen LogP contribution in [0.5, 0.6) is 0 Å². The molecule has 0 saturated carbocycles. The Labute approximate surface area is 168 Å². The van der Waals surface area contributed by atoms with Gasteiger partial charge in [0.15, 0.2) is 0 Å². The lowest BCUT2D eigenvalue weighted by molar-refractivity contribution is -0.114. The number of benzene rings is 2. The lowest BCUT2D eigenvalue weighted by Crippen LogP contribution is -2.22. The summed E-state index contributed by atoms with van der Waals surface area (Å²) in [5.41, 5.74) is 4.73. The number of rotatable bonds is 6. The number of thiazole rings is 1. The molecule has 0 aliphatic carbocycles. The summed E-state index contributed by atoms with van der Waals surface area (Å²) in [5.74, 6) is -0.237. The topological polar surface area (TPSA) is 71.1 Å². The van der Waals surface area contributed by atoms with Gasteiger partial charge in [0.2, 0.25) is 5.91 Å². The summed E-state index contributed by atoms with van der Waals surface area (Å²) in [7, 11) is 0. The summed E-state index contributed by atoms with van der Waals surface area (Å²) in [5, 5.41) is 6.52. The second kappa shape index (κ2) is 8.80. The smallest absolute Gasteiger partial charge is 0.263 e. The summed E-state index contributed by atoms with van der Waals surface area (Å²) in [6.45, 7) is 5.87. The van der Waals surface area contributed by atoms with Gasteiger partial charge >= 0.3 is 0 Å². The van der Waals surface area contributed by atoms with E-state index in [1.807, 2.05) is 31.2 Å². The lowest BCUT2D eigenvalue weighted by Gasteiger charge is -2.06. The van der Waals surface area contributed by atoms with Crippen LogP contribution in [0.15, 0.2) is 48.5 Å². The SMILES string of the molecule is CCc1ccc(-c2nc(C)c(C(=O)NCc3ccc(NC(C)=O)cc3)s2)cc1. The number of hydrogen-bond donors (Lipinski definition) is 2. The molecule has 0 saturated heterocycles. The molecular weight excluding hydrogens is 370 g/mol. The fraction of sp³-hybridized carbons (Fsp3) is 0.227. The standard InChI is InChI=1S/C22H23N3O2S/c1-4-16-5-9-18(10-6-16)22-24-14(2)20(28-22)21(27)23-13-17-7-11-19(12-8-17)25-15(3)26/h5-12H,4,13H2,1-3H3,(H,23,27)(H,25,26). The molecule has 1 heterocycles. The molecular formula is C22H23N3O2S. The zero-order valence-corrected chi connectivity index (χ0v) is 17.0. The quantitative estimate of drug-likeness (QED) is 0.644. The van der Waals surface area contributed by atoms with E-state index in [4.69, 9.17) is 0 Å². The van der Waals surface area contributed by atoms with Gasteiger partial charge < -0.3 is 10.6 Å². The van der Waals surface area contributed by atoms with Gasteiger partial charge in [-0.1, -0.05) is 43.3 Å². The van der Waals surface area contributed by atoms with Crippen LogP contribution in [0.3, 0.4) is 0 Å². The molecule has 0 fully saturated rings. The van der Waals surface area contributed by atoms with E-state index < -0.39 is 0 Å². The number of nitrogens with one attached hydrogen (secondary N) is 2. The molecule has 0 unspecified atom stereocenters. The van der Waals surface area contributed by atoms with E-state index in [-0.39, 0.29) is 11.8 Å². The van der Waals surface area contributed by atoms with Crippen molar-refractivity contribution in [1.29, 1.82) is 0 Å². The maximum atomic E-state index is 12.6.